The van der Waals surface area contributed by atoms with Crippen LogP contribution in [-0.2, 0) is 11.2 Å². The topological polar surface area (TPSA) is 42.4 Å². The fraction of sp³-hybridized carbons (Fsp3) is 0.200. The number of carbonyl (C=O) groups excluding carboxylic acids is 1. The Morgan fingerprint density at radius 3 is 2.89 bits per heavy atom. The lowest BCUT2D eigenvalue weighted by Crippen LogP contribution is -2.16. The molecule has 1 aliphatic heterocycles. The van der Waals surface area contributed by atoms with Crippen LogP contribution in [0.15, 0.2) is 36.4 Å². The van der Waals surface area contributed by atoms with E-state index in [0.717, 1.165) is 28.9 Å². The first-order chi connectivity index (χ1) is 9.33. The third kappa shape index (κ3) is 1.95. The zero-order valence-corrected chi connectivity index (χ0v) is 10.6. The Hall–Kier alpha value is -2.36. The Kier molecular flexibility index (Phi) is 2.91. The summed E-state index contributed by atoms with van der Waals surface area (Å²) in [6, 6.07) is 11.6. The summed E-state index contributed by atoms with van der Waals surface area (Å²) in [6.07, 6.45) is 2.79. The molecule has 4 heteroatoms. The number of ether oxygens (including phenoxy) is 1. The van der Waals surface area contributed by atoms with Crippen LogP contribution in [0.25, 0.3) is 11.3 Å². The van der Waals surface area contributed by atoms with Crippen molar-refractivity contribution in [3.8, 4) is 17.1 Å². The highest BCUT2D eigenvalue weighted by atomic mass is 16.5. The van der Waals surface area contributed by atoms with Crippen LogP contribution >= 0.6 is 0 Å². The van der Waals surface area contributed by atoms with Crippen molar-refractivity contribution in [3.63, 3.8) is 0 Å². The first kappa shape index (κ1) is 11.7. The number of hydrogen-bond acceptors (Lipinski definition) is 3. The van der Waals surface area contributed by atoms with Crippen LogP contribution in [0.1, 0.15) is 5.56 Å². The van der Waals surface area contributed by atoms with Crippen molar-refractivity contribution in [3.05, 3.63) is 42.0 Å². The maximum atomic E-state index is 10.9. The molecule has 1 aliphatic rings. The molecule has 95 valence electrons. The van der Waals surface area contributed by atoms with Gasteiger partial charge in [-0.2, -0.15) is 0 Å². The Morgan fingerprint density at radius 1 is 1.26 bits per heavy atom. The summed E-state index contributed by atoms with van der Waals surface area (Å²) >= 11 is 0. The van der Waals surface area contributed by atoms with E-state index in [4.69, 9.17) is 4.74 Å². The van der Waals surface area contributed by atoms with Crippen LogP contribution < -0.4 is 9.64 Å². The van der Waals surface area contributed by atoms with Crippen LogP contribution in [0.5, 0.6) is 5.88 Å². The summed E-state index contributed by atoms with van der Waals surface area (Å²) in [6.45, 7) is 0.680. The van der Waals surface area contributed by atoms with E-state index in [2.05, 4.69) is 4.98 Å². The molecule has 0 bridgehead atoms. The molecular weight excluding hydrogens is 240 g/mol. The van der Waals surface area contributed by atoms with Crippen LogP contribution in [-0.4, -0.2) is 25.0 Å². The molecule has 0 aliphatic carbocycles. The van der Waals surface area contributed by atoms with E-state index < -0.39 is 0 Å². The molecular formula is C15H13N2O2. The van der Waals surface area contributed by atoms with Crippen LogP contribution in [0.2, 0.25) is 0 Å². The molecule has 0 N–H and O–H groups in total. The number of anilines is 1. The molecule has 3 rings (SSSR count). The molecule has 1 amide bonds. The molecule has 0 saturated heterocycles. The predicted molar refractivity (Wildman–Crippen MR) is 73.0 cm³/mol. The van der Waals surface area contributed by atoms with Crippen LogP contribution in [0, 0.1) is 0 Å². The van der Waals surface area contributed by atoms with E-state index in [1.54, 1.807) is 12.0 Å². The average Bonchev–Trinajstić information content (AvgIpc) is 2.90. The third-order valence-electron chi connectivity index (χ3n) is 3.35. The van der Waals surface area contributed by atoms with Crippen molar-refractivity contribution in [2.45, 2.75) is 6.42 Å². The summed E-state index contributed by atoms with van der Waals surface area (Å²) in [5, 5.41) is 0. The smallest absolute Gasteiger partial charge is 0.316 e. The van der Waals surface area contributed by atoms with Gasteiger partial charge in [-0.15, -0.1) is 0 Å². The van der Waals surface area contributed by atoms with Gasteiger partial charge >= 0.3 is 6.41 Å². The van der Waals surface area contributed by atoms with Gasteiger partial charge in [0.2, 0.25) is 5.88 Å². The van der Waals surface area contributed by atoms with Crippen molar-refractivity contribution >= 4 is 12.1 Å². The maximum absolute atomic E-state index is 10.9. The molecule has 0 fully saturated rings. The number of pyridine rings is 1. The highest BCUT2D eigenvalue weighted by molar-refractivity contribution is 5.84. The normalized spacial score (nSPS) is 13.2. The van der Waals surface area contributed by atoms with Crippen molar-refractivity contribution in [1.29, 1.82) is 0 Å². The standard InChI is InChI=1S/C15H13N2O2/c1-19-15-7-3-5-13(16-15)11-4-2-6-14-12(11)8-9-17(14)10-18/h2-7H,8-9H2,1H3. The first-order valence-electron chi connectivity index (χ1n) is 6.12. The summed E-state index contributed by atoms with van der Waals surface area (Å²) in [5.41, 5.74) is 3.99. The fourth-order valence-electron chi connectivity index (χ4n) is 2.45. The fourth-order valence-corrected chi connectivity index (χ4v) is 2.45. The number of nitrogens with zero attached hydrogens (tertiary/aromatic N) is 2. The quantitative estimate of drug-likeness (QED) is 0.842. The molecule has 1 aromatic heterocycles. The molecule has 0 saturated carbocycles. The van der Waals surface area contributed by atoms with E-state index in [1.165, 1.54) is 0 Å². The zero-order chi connectivity index (χ0) is 13.2. The van der Waals surface area contributed by atoms with Gasteiger partial charge in [0.25, 0.3) is 0 Å². The van der Waals surface area contributed by atoms with E-state index in [0.29, 0.717) is 12.4 Å². The highest BCUT2D eigenvalue weighted by Crippen LogP contribution is 2.35. The maximum Gasteiger partial charge on any atom is 0.316 e. The van der Waals surface area contributed by atoms with Gasteiger partial charge in [0.05, 0.1) is 12.8 Å². The SMILES string of the molecule is COc1cccc(-c2cccc3c2CCN3[C]=O)n1. The summed E-state index contributed by atoms with van der Waals surface area (Å²) < 4.78 is 5.15. The van der Waals surface area contributed by atoms with E-state index in [1.807, 2.05) is 42.8 Å². The number of hydrogen-bond donors (Lipinski definition) is 0. The lowest BCUT2D eigenvalue weighted by Gasteiger charge is -2.11. The second-order valence-electron chi connectivity index (χ2n) is 4.36. The molecule has 1 radical (unpaired) electrons. The van der Waals surface area contributed by atoms with Crippen molar-refractivity contribution in [2.75, 3.05) is 18.6 Å². The Bertz CT molecular complexity index is 625. The van der Waals surface area contributed by atoms with E-state index in [9.17, 15) is 4.79 Å². The first-order valence-corrected chi connectivity index (χ1v) is 6.12. The molecule has 1 aromatic carbocycles. The van der Waals surface area contributed by atoms with Crippen LogP contribution in [0.3, 0.4) is 0 Å². The molecule has 4 nitrogen and oxygen atoms in total. The Labute approximate surface area is 111 Å². The molecule has 2 heterocycles. The van der Waals surface area contributed by atoms with Gasteiger partial charge in [0, 0.05) is 23.9 Å². The molecule has 0 spiro atoms. The molecule has 19 heavy (non-hydrogen) atoms. The minimum Gasteiger partial charge on any atom is -0.481 e. The predicted octanol–water partition coefficient (Wildman–Crippen LogP) is 2.19. The Balaban J connectivity index is 2.11. The molecule has 0 unspecified atom stereocenters. The summed E-state index contributed by atoms with van der Waals surface area (Å²) in [5.74, 6) is 0.590. The number of aromatic nitrogens is 1. The second kappa shape index (κ2) is 4.72. The van der Waals surface area contributed by atoms with Crippen LogP contribution in [0.4, 0.5) is 5.69 Å². The van der Waals surface area contributed by atoms with Crippen molar-refractivity contribution < 1.29 is 9.53 Å². The van der Waals surface area contributed by atoms with Gasteiger partial charge in [-0.1, -0.05) is 18.2 Å². The number of rotatable bonds is 3. The minimum atomic E-state index is 0.590. The number of benzene rings is 1. The van der Waals surface area contributed by atoms with Gasteiger partial charge in [-0.05, 0) is 24.1 Å². The van der Waals surface area contributed by atoms with Gasteiger partial charge in [0.1, 0.15) is 0 Å². The number of amides is 1. The number of fused-ring (bicyclic) bond motifs is 1. The van der Waals surface area contributed by atoms with E-state index >= 15 is 0 Å². The summed E-state index contributed by atoms with van der Waals surface area (Å²) in [7, 11) is 1.60. The highest BCUT2D eigenvalue weighted by Gasteiger charge is 2.22. The largest absolute Gasteiger partial charge is 0.481 e. The number of methoxy groups -OCH3 is 1. The van der Waals surface area contributed by atoms with Gasteiger partial charge in [0.15, 0.2) is 0 Å². The van der Waals surface area contributed by atoms with Gasteiger partial charge in [-0.25, -0.2) is 4.98 Å². The average molecular weight is 253 g/mol. The monoisotopic (exact) mass is 253 g/mol. The third-order valence-corrected chi connectivity index (χ3v) is 3.35. The zero-order valence-electron chi connectivity index (χ0n) is 10.6. The Morgan fingerprint density at radius 2 is 2.11 bits per heavy atom. The second-order valence-corrected chi connectivity index (χ2v) is 4.36. The van der Waals surface area contributed by atoms with Gasteiger partial charge in [-0.3, -0.25) is 4.79 Å². The summed E-state index contributed by atoms with van der Waals surface area (Å²) in [4.78, 5) is 16.9. The van der Waals surface area contributed by atoms with Gasteiger partial charge < -0.3 is 9.64 Å². The lowest BCUT2D eigenvalue weighted by molar-refractivity contribution is 0.398. The molecule has 2 aromatic rings. The van der Waals surface area contributed by atoms with Crippen molar-refractivity contribution in [1.82, 2.24) is 4.98 Å². The molecule has 0 atom stereocenters. The lowest BCUT2D eigenvalue weighted by atomic mass is 10.0. The van der Waals surface area contributed by atoms with E-state index in [-0.39, 0.29) is 0 Å². The van der Waals surface area contributed by atoms with Crippen molar-refractivity contribution in [2.24, 2.45) is 0 Å². The minimum absolute atomic E-state index is 0.590.